The molecular formula is C54H112N2. The van der Waals surface area contributed by atoms with Crippen LogP contribution in [-0.4, -0.2) is 42.6 Å². The first-order valence-corrected chi connectivity index (χ1v) is 27.2. The van der Waals surface area contributed by atoms with Crippen molar-refractivity contribution in [2.45, 2.75) is 317 Å². The molecule has 56 heavy (non-hydrogen) atoms. The highest BCUT2D eigenvalue weighted by molar-refractivity contribution is 4.62. The van der Waals surface area contributed by atoms with Gasteiger partial charge in [0.15, 0.2) is 0 Å². The average molecular weight is 790 g/mol. The van der Waals surface area contributed by atoms with Crippen LogP contribution in [0.15, 0.2) is 0 Å². The maximum absolute atomic E-state index is 2.79. The Hall–Kier alpha value is -0.0800. The zero-order valence-electron chi connectivity index (χ0n) is 40.2. The van der Waals surface area contributed by atoms with E-state index in [9.17, 15) is 0 Å². The summed E-state index contributed by atoms with van der Waals surface area (Å²) in [4.78, 5) is 5.41. The first-order valence-electron chi connectivity index (χ1n) is 27.2. The molecule has 0 atom stereocenters. The molecule has 2 nitrogen and oxygen atoms in total. The van der Waals surface area contributed by atoms with Gasteiger partial charge in [0.2, 0.25) is 0 Å². The van der Waals surface area contributed by atoms with Crippen molar-refractivity contribution in [3.8, 4) is 0 Å². The summed E-state index contributed by atoms with van der Waals surface area (Å²) in [5, 5.41) is 0. The molecule has 0 unspecified atom stereocenters. The van der Waals surface area contributed by atoms with Gasteiger partial charge in [0, 0.05) is 0 Å². The summed E-state index contributed by atoms with van der Waals surface area (Å²) in [6, 6.07) is 0. The van der Waals surface area contributed by atoms with Gasteiger partial charge in [-0.15, -0.1) is 0 Å². The molecular weight excluding hydrogens is 677 g/mol. The maximum Gasteiger partial charge on any atom is 0.0505 e. The Kier molecular flexibility index (Phi) is 51.0. The van der Waals surface area contributed by atoms with Crippen molar-refractivity contribution in [1.29, 1.82) is 0 Å². The van der Waals surface area contributed by atoms with Crippen LogP contribution in [0.1, 0.15) is 317 Å². The van der Waals surface area contributed by atoms with E-state index in [1.54, 1.807) is 0 Å². The summed E-state index contributed by atoms with van der Waals surface area (Å²) in [5.74, 6) is 0. The van der Waals surface area contributed by atoms with Gasteiger partial charge in [0.25, 0.3) is 0 Å². The van der Waals surface area contributed by atoms with Gasteiger partial charge >= 0.3 is 0 Å². The molecule has 0 fully saturated rings. The normalized spacial score (nSPS) is 11.9. The smallest absolute Gasteiger partial charge is 0.0505 e. The predicted molar refractivity (Wildman–Crippen MR) is 258 cm³/mol. The van der Waals surface area contributed by atoms with E-state index in [-0.39, 0.29) is 0 Å². The van der Waals surface area contributed by atoms with E-state index in [1.165, 1.54) is 322 Å². The van der Waals surface area contributed by atoms with Crippen LogP contribution < -0.4 is 0 Å². The summed E-state index contributed by atoms with van der Waals surface area (Å²) in [7, 11) is 0. The number of hydrogen-bond donors (Lipinski definition) is 0. The topological polar surface area (TPSA) is 6.48 Å². The van der Waals surface area contributed by atoms with Crippen molar-refractivity contribution in [3.05, 3.63) is 0 Å². The quantitative estimate of drug-likeness (QED) is 0.0447. The molecule has 0 N–H and O–H groups in total. The van der Waals surface area contributed by atoms with Crippen LogP contribution in [0.25, 0.3) is 0 Å². The van der Waals surface area contributed by atoms with Gasteiger partial charge in [-0.2, -0.15) is 0 Å². The van der Waals surface area contributed by atoms with Gasteiger partial charge in [-0.05, 0) is 39.0 Å². The fourth-order valence-corrected chi connectivity index (χ4v) is 9.02. The largest absolute Gasteiger partial charge is 0.291 e. The predicted octanol–water partition coefficient (Wildman–Crippen LogP) is 19.2. The van der Waals surface area contributed by atoms with Crippen molar-refractivity contribution in [2.24, 2.45) is 0 Å². The molecule has 0 heterocycles. The van der Waals surface area contributed by atoms with Crippen molar-refractivity contribution >= 4 is 0 Å². The Balaban J connectivity index is 3.55. The fourth-order valence-electron chi connectivity index (χ4n) is 9.02. The van der Waals surface area contributed by atoms with Gasteiger partial charge in [0.1, 0.15) is 0 Å². The van der Waals surface area contributed by atoms with E-state index >= 15 is 0 Å². The molecule has 0 amide bonds. The minimum Gasteiger partial charge on any atom is -0.291 e. The summed E-state index contributed by atoms with van der Waals surface area (Å²) in [6.07, 6.45) is 66.1. The van der Waals surface area contributed by atoms with Crippen LogP contribution in [0.4, 0.5) is 0 Å². The number of rotatable bonds is 51. The molecule has 0 radical (unpaired) electrons. The van der Waals surface area contributed by atoms with Gasteiger partial charge < -0.3 is 0 Å². The Morgan fingerprint density at radius 1 is 0.179 bits per heavy atom. The van der Waals surface area contributed by atoms with E-state index in [0.29, 0.717) is 0 Å². The number of unbranched alkanes of at least 4 members (excludes halogenated alkanes) is 43. The molecule has 0 aromatic carbocycles. The number of hydrogen-bond acceptors (Lipinski definition) is 2. The fraction of sp³-hybridized carbons (Fsp3) is 1.00. The van der Waals surface area contributed by atoms with Crippen molar-refractivity contribution < 1.29 is 0 Å². The van der Waals surface area contributed by atoms with Gasteiger partial charge in [0.05, 0.1) is 6.67 Å². The van der Waals surface area contributed by atoms with Gasteiger partial charge in [-0.25, -0.2) is 0 Å². The lowest BCUT2D eigenvalue weighted by Gasteiger charge is -2.29. The molecule has 0 aliphatic heterocycles. The SMILES string of the molecule is CCCCCCCCCCCCCCCCCCCCCCCCCN(CCCCCCCCCCCCCCCCCCCCCCCC)CN(CC)CC. The monoisotopic (exact) mass is 789 g/mol. The third-order valence-corrected chi connectivity index (χ3v) is 13.2. The molecule has 338 valence electrons. The van der Waals surface area contributed by atoms with Crippen LogP contribution >= 0.6 is 0 Å². The standard InChI is InChI=1S/C54H112N2/c1-5-9-11-13-15-17-19-21-23-25-27-29-31-33-35-37-39-41-43-45-47-49-51-53-56(54-55(7-3)8-4)52-50-48-46-44-42-40-38-36-34-32-30-28-26-24-22-20-18-16-14-12-10-6-2/h5-54H2,1-4H3. The van der Waals surface area contributed by atoms with Crippen LogP contribution in [0.2, 0.25) is 0 Å². The van der Waals surface area contributed by atoms with E-state index in [0.717, 1.165) is 0 Å². The van der Waals surface area contributed by atoms with Gasteiger partial charge in [-0.3, -0.25) is 9.80 Å². The first-order chi connectivity index (χ1) is 27.8. The molecule has 0 spiro atoms. The average Bonchev–Trinajstić information content (AvgIpc) is 3.21. The minimum atomic E-state index is 1.19. The Bertz CT molecular complexity index is 659. The highest BCUT2D eigenvalue weighted by atomic mass is 15.3. The van der Waals surface area contributed by atoms with Crippen LogP contribution in [0, 0.1) is 0 Å². The zero-order chi connectivity index (χ0) is 40.5. The van der Waals surface area contributed by atoms with Crippen molar-refractivity contribution in [3.63, 3.8) is 0 Å². The zero-order valence-corrected chi connectivity index (χ0v) is 40.2. The molecule has 0 aliphatic rings. The van der Waals surface area contributed by atoms with Crippen molar-refractivity contribution in [2.75, 3.05) is 32.8 Å². The molecule has 2 heteroatoms. The van der Waals surface area contributed by atoms with Crippen LogP contribution in [0.5, 0.6) is 0 Å². The second-order valence-electron chi connectivity index (χ2n) is 18.8. The Morgan fingerprint density at radius 3 is 0.500 bits per heavy atom. The third-order valence-electron chi connectivity index (χ3n) is 13.2. The molecule has 0 aromatic rings. The molecule has 0 rings (SSSR count). The highest BCUT2D eigenvalue weighted by Crippen LogP contribution is 2.18. The summed E-state index contributed by atoms with van der Waals surface area (Å²) in [6.45, 7) is 15.5. The van der Waals surface area contributed by atoms with Crippen LogP contribution in [0.3, 0.4) is 0 Å². The lowest BCUT2D eigenvalue weighted by molar-refractivity contribution is 0.136. The Labute approximate surface area is 358 Å². The van der Waals surface area contributed by atoms with Crippen molar-refractivity contribution in [1.82, 2.24) is 9.80 Å². The lowest BCUT2D eigenvalue weighted by Crippen LogP contribution is -2.39. The summed E-state index contributed by atoms with van der Waals surface area (Å²) < 4.78 is 0. The second kappa shape index (κ2) is 51.1. The van der Waals surface area contributed by atoms with E-state index in [1.807, 2.05) is 0 Å². The molecule has 0 bridgehead atoms. The first kappa shape index (κ1) is 55.9. The molecule has 0 saturated heterocycles. The third kappa shape index (κ3) is 46.6. The van der Waals surface area contributed by atoms with E-state index in [2.05, 4.69) is 37.5 Å². The lowest BCUT2D eigenvalue weighted by atomic mass is 10.0. The molecule has 0 saturated carbocycles. The summed E-state index contributed by atoms with van der Waals surface area (Å²) >= 11 is 0. The minimum absolute atomic E-state index is 1.19. The Morgan fingerprint density at radius 2 is 0.339 bits per heavy atom. The highest BCUT2D eigenvalue weighted by Gasteiger charge is 2.09. The second-order valence-corrected chi connectivity index (χ2v) is 18.8. The maximum atomic E-state index is 2.79. The summed E-state index contributed by atoms with van der Waals surface area (Å²) in [5.41, 5.74) is 0. The van der Waals surface area contributed by atoms with Crippen LogP contribution in [-0.2, 0) is 0 Å². The van der Waals surface area contributed by atoms with Gasteiger partial charge in [-0.1, -0.05) is 304 Å². The molecule has 0 aromatic heterocycles. The number of nitrogens with zero attached hydrogens (tertiary/aromatic N) is 2. The van der Waals surface area contributed by atoms with E-state index in [4.69, 9.17) is 0 Å². The van der Waals surface area contributed by atoms with E-state index < -0.39 is 0 Å². The molecule has 0 aliphatic carbocycles.